The SMILES string of the molecule is CCCCCCCC/C=C\CCCCCCCCOCC(COC(=O)CCCN1CCCC1)OCCCCCCCC/C=C\CCCCCCCC. The number of ether oxygens (including phenoxy) is 3. The standard InChI is InChI=1S/C47H89NO4/c1-3-5-7-9-11-13-15-17-19-21-23-25-27-29-31-35-42-50-44-46(45-52-47(49)38-37-41-48-39-33-34-40-48)51-43-36-32-30-28-26-24-22-20-18-16-14-12-10-8-6-4-2/h17-20,46H,3-16,21-45H2,1-2H3/b19-17-,20-18-. The highest BCUT2D eigenvalue weighted by Crippen LogP contribution is 2.13. The fourth-order valence-electron chi connectivity index (χ4n) is 7.12. The fraction of sp³-hybridized carbons (Fsp3) is 0.894. The molecule has 1 aliphatic rings. The van der Waals surface area contributed by atoms with Gasteiger partial charge in [-0.1, -0.05) is 154 Å². The molecule has 306 valence electrons. The van der Waals surface area contributed by atoms with Crippen molar-refractivity contribution in [2.24, 2.45) is 0 Å². The number of nitrogens with zero attached hydrogens (tertiary/aromatic N) is 1. The summed E-state index contributed by atoms with van der Waals surface area (Å²) in [6.07, 6.45) is 50.1. The molecule has 52 heavy (non-hydrogen) atoms. The van der Waals surface area contributed by atoms with E-state index in [1.165, 1.54) is 193 Å². The molecule has 1 saturated heterocycles. The first-order valence-electron chi connectivity index (χ1n) is 23.1. The Morgan fingerprint density at radius 2 is 0.942 bits per heavy atom. The van der Waals surface area contributed by atoms with Crippen LogP contribution in [-0.2, 0) is 19.0 Å². The third-order valence-corrected chi connectivity index (χ3v) is 10.6. The van der Waals surface area contributed by atoms with Crippen molar-refractivity contribution in [1.29, 1.82) is 0 Å². The van der Waals surface area contributed by atoms with Gasteiger partial charge in [-0.25, -0.2) is 0 Å². The molecule has 0 aromatic heterocycles. The molecule has 1 heterocycles. The van der Waals surface area contributed by atoms with E-state index in [1.54, 1.807) is 0 Å². The lowest BCUT2D eigenvalue weighted by Gasteiger charge is -2.19. The summed E-state index contributed by atoms with van der Waals surface area (Å²) < 4.78 is 17.9. The molecule has 5 heteroatoms. The maximum atomic E-state index is 12.5. The van der Waals surface area contributed by atoms with Crippen LogP contribution in [0.2, 0.25) is 0 Å². The molecule has 1 rings (SSSR count). The number of carbonyl (C=O) groups is 1. The second kappa shape index (κ2) is 41.0. The molecule has 0 aromatic rings. The van der Waals surface area contributed by atoms with Crippen molar-refractivity contribution in [3.8, 4) is 0 Å². The highest BCUT2D eigenvalue weighted by Gasteiger charge is 2.15. The van der Waals surface area contributed by atoms with E-state index in [-0.39, 0.29) is 12.1 Å². The van der Waals surface area contributed by atoms with Gasteiger partial charge in [-0.05, 0) is 103 Å². The first kappa shape index (κ1) is 48.8. The van der Waals surface area contributed by atoms with E-state index in [1.807, 2.05) is 0 Å². The van der Waals surface area contributed by atoms with Gasteiger partial charge in [0, 0.05) is 19.6 Å². The van der Waals surface area contributed by atoms with E-state index < -0.39 is 0 Å². The Morgan fingerprint density at radius 1 is 0.519 bits per heavy atom. The van der Waals surface area contributed by atoms with E-state index in [2.05, 4.69) is 43.1 Å². The van der Waals surface area contributed by atoms with Gasteiger partial charge >= 0.3 is 5.97 Å². The topological polar surface area (TPSA) is 48.0 Å². The first-order chi connectivity index (χ1) is 25.8. The summed E-state index contributed by atoms with van der Waals surface area (Å²) in [5.41, 5.74) is 0. The van der Waals surface area contributed by atoms with Crippen LogP contribution in [0.25, 0.3) is 0 Å². The van der Waals surface area contributed by atoms with Crippen molar-refractivity contribution in [2.45, 2.75) is 225 Å². The molecule has 0 aliphatic carbocycles. The summed E-state index contributed by atoms with van der Waals surface area (Å²) in [6.45, 7) is 10.2. The summed E-state index contributed by atoms with van der Waals surface area (Å²) in [5, 5.41) is 0. The van der Waals surface area contributed by atoms with Crippen molar-refractivity contribution in [1.82, 2.24) is 4.90 Å². The Balaban J connectivity index is 2.10. The van der Waals surface area contributed by atoms with Crippen molar-refractivity contribution in [3.05, 3.63) is 24.3 Å². The average Bonchev–Trinajstić information content (AvgIpc) is 3.68. The number of hydrogen-bond acceptors (Lipinski definition) is 5. The Hall–Kier alpha value is -1.17. The van der Waals surface area contributed by atoms with E-state index in [0.717, 1.165) is 39.0 Å². The van der Waals surface area contributed by atoms with Gasteiger partial charge in [-0.2, -0.15) is 0 Å². The second-order valence-electron chi connectivity index (χ2n) is 15.8. The van der Waals surface area contributed by atoms with Crippen LogP contribution in [0.15, 0.2) is 24.3 Å². The molecule has 0 amide bonds. The normalized spacial score (nSPS) is 14.3. The van der Waals surface area contributed by atoms with Crippen LogP contribution in [0.5, 0.6) is 0 Å². The number of rotatable bonds is 41. The van der Waals surface area contributed by atoms with Crippen LogP contribution in [0.4, 0.5) is 0 Å². The molecule has 0 aromatic carbocycles. The average molecular weight is 732 g/mol. The third-order valence-electron chi connectivity index (χ3n) is 10.6. The van der Waals surface area contributed by atoms with E-state index in [0.29, 0.717) is 19.6 Å². The van der Waals surface area contributed by atoms with E-state index >= 15 is 0 Å². The highest BCUT2D eigenvalue weighted by atomic mass is 16.6. The van der Waals surface area contributed by atoms with E-state index in [9.17, 15) is 4.79 Å². The third kappa shape index (κ3) is 35.8. The van der Waals surface area contributed by atoms with Crippen LogP contribution in [-0.4, -0.2) is 63.0 Å². The monoisotopic (exact) mass is 732 g/mol. The van der Waals surface area contributed by atoms with E-state index in [4.69, 9.17) is 14.2 Å². The Kier molecular flexibility index (Phi) is 38.5. The Bertz CT molecular complexity index is 777. The number of hydrogen-bond donors (Lipinski definition) is 0. The lowest BCUT2D eigenvalue weighted by atomic mass is 10.1. The van der Waals surface area contributed by atoms with Crippen molar-refractivity contribution >= 4 is 5.97 Å². The minimum absolute atomic E-state index is 0.0988. The lowest BCUT2D eigenvalue weighted by Crippen LogP contribution is -2.28. The molecule has 0 N–H and O–H groups in total. The van der Waals surface area contributed by atoms with Crippen LogP contribution < -0.4 is 0 Å². The smallest absolute Gasteiger partial charge is 0.305 e. The molecule has 0 spiro atoms. The van der Waals surface area contributed by atoms with Gasteiger partial charge in [0.2, 0.25) is 0 Å². The van der Waals surface area contributed by atoms with Gasteiger partial charge in [0.25, 0.3) is 0 Å². The molecule has 0 bridgehead atoms. The molecule has 1 fully saturated rings. The predicted molar refractivity (Wildman–Crippen MR) is 225 cm³/mol. The maximum Gasteiger partial charge on any atom is 0.305 e. The second-order valence-corrected chi connectivity index (χ2v) is 15.8. The zero-order valence-corrected chi connectivity index (χ0v) is 35.0. The predicted octanol–water partition coefficient (Wildman–Crippen LogP) is 13.9. The van der Waals surface area contributed by atoms with Crippen molar-refractivity contribution in [3.63, 3.8) is 0 Å². The summed E-state index contributed by atoms with van der Waals surface area (Å²) in [7, 11) is 0. The summed E-state index contributed by atoms with van der Waals surface area (Å²) in [5.74, 6) is -0.0988. The minimum Gasteiger partial charge on any atom is -0.463 e. The number of unbranched alkanes of at least 4 members (excludes halogenated alkanes) is 24. The van der Waals surface area contributed by atoms with Crippen LogP contribution in [0.1, 0.15) is 219 Å². The molecule has 0 radical (unpaired) electrons. The van der Waals surface area contributed by atoms with Crippen LogP contribution in [0.3, 0.4) is 0 Å². The molecule has 5 nitrogen and oxygen atoms in total. The zero-order chi connectivity index (χ0) is 37.3. The van der Waals surface area contributed by atoms with Crippen LogP contribution in [0, 0.1) is 0 Å². The number of likely N-dealkylation sites (tertiary alicyclic amines) is 1. The molecular weight excluding hydrogens is 643 g/mol. The molecule has 1 aliphatic heterocycles. The van der Waals surface area contributed by atoms with Gasteiger partial charge in [-0.15, -0.1) is 0 Å². The molecule has 1 unspecified atom stereocenters. The van der Waals surface area contributed by atoms with Gasteiger partial charge in [0.05, 0.1) is 6.61 Å². The number of esters is 1. The fourth-order valence-corrected chi connectivity index (χ4v) is 7.12. The van der Waals surface area contributed by atoms with Crippen molar-refractivity contribution in [2.75, 3.05) is 46.1 Å². The maximum absolute atomic E-state index is 12.5. The highest BCUT2D eigenvalue weighted by molar-refractivity contribution is 5.69. The minimum atomic E-state index is -0.167. The lowest BCUT2D eigenvalue weighted by molar-refractivity contribution is -0.150. The molecule has 1 atom stereocenters. The van der Waals surface area contributed by atoms with Gasteiger partial charge in [0.1, 0.15) is 12.7 Å². The first-order valence-corrected chi connectivity index (χ1v) is 23.1. The molecule has 0 saturated carbocycles. The number of allylic oxidation sites excluding steroid dienone is 4. The number of carbonyl (C=O) groups excluding carboxylic acids is 1. The largest absolute Gasteiger partial charge is 0.463 e. The quantitative estimate of drug-likeness (QED) is 0.0356. The Labute approximate surface area is 324 Å². The van der Waals surface area contributed by atoms with Gasteiger partial charge < -0.3 is 19.1 Å². The van der Waals surface area contributed by atoms with Gasteiger partial charge in [0.15, 0.2) is 0 Å². The summed E-state index contributed by atoms with van der Waals surface area (Å²) >= 11 is 0. The van der Waals surface area contributed by atoms with Gasteiger partial charge in [-0.3, -0.25) is 4.79 Å². The molecular formula is C47H89NO4. The summed E-state index contributed by atoms with van der Waals surface area (Å²) in [4.78, 5) is 14.9. The summed E-state index contributed by atoms with van der Waals surface area (Å²) in [6, 6.07) is 0. The van der Waals surface area contributed by atoms with Crippen LogP contribution >= 0.6 is 0 Å². The Morgan fingerprint density at radius 3 is 1.42 bits per heavy atom. The zero-order valence-electron chi connectivity index (χ0n) is 35.0. The van der Waals surface area contributed by atoms with Crippen molar-refractivity contribution < 1.29 is 19.0 Å².